The standard InChI is InChI=1S/C10H12F3NO/c11-10(12,13)15-7-9(14)6-8-4-2-1-3-5-8/h1-5,9H,6-7,14H2/t9-/m0/s1. The first kappa shape index (κ1) is 12.0. The van der Waals surface area contributed by atoms with E-state index in [1.165, 1.54) is 0 Å². The zero-order chi connectivity index (χ0) is 11.3. The van der Waals surface area contributed by atoms with Crippen LogP contribution in [0.15, 0.2) is 30.3 Å². The molecule has 0 radical (unpaired) electrons. The predicted octanol–water partition coefficient (Wildman–Crippen LogP) is 2.09. The van der Waals surface area contributed by atoms with E-state index in [1.807, 2.05) is 30.3 Å². The molecule has 0 aliphatic heterocycles. The summed E-state index contributed by atoms with van der Waals surface area (Å²) in [5, 5.41) is 0. The van der Waals surface area contributed by atoms with Crippen LogP contribution in [0.1, 0.15) is 5.56 Å². The first-order valence-corrected chi connectivity index (χ1v) is 4.47. The zero-order valence-corrected chi connectivity index (χ0v) is 8.00. The molecule has 1 atom stereocenters. The van der Waals surface area contributed by atoms with Gasteiger partial charge in [0.15, 0.2) is 0 Å². The van der Waals surface area contributed by atoms with Crippen molar-refractivity contribution in [3.63, 3.8) is 0 Å². The van der Waals surface area contributed by atoms with Crippen LogP contribution in [0.5, 0.6) is 0 Å². The van der Waals surface area contributed by atoms with Crippen molar-refractivity contribution in [2.75, 3.05) is 6.61 Å². The Morgan fingerprint density at radius 3 is 2.33 bits per heavy atom. The lowest BCUT2D eigenvalue weighted by atomic mass is 10.1. The Morgan fingerprint density at radius 1 is 1.20 bits per heavy atom. The molecule has 0 aromatic heterocycles. The van der Waals surface area contributed by atoms with Crippen molar-refractivity contribution in [2.24, 2.45) is 5.73 Å². The van der Waals surface area contributed by atoms with Crippen LogP contribution >= 0.6 is 0 Å². The van der Waals surface area contributed by atoms with E-state index in [1.54, 1.807) is 0 Å². The van der Waals surface area contributed by atoms with Crippen LogP contribution in [0.3, 0.4) is 0 Å². The zero-order valence-electron chi connectivity index (χ0n) is 8.00. The number of nitrogens with two attached hydrogens (primary N) is 1. The summed E-state index contributed by atoms with van der Waals surface area (Å²) in [5.41, 5.74) is 6.39. The molecule has 1 aromatic rings. The predicted molar refractivity (Wildman–Crippen MR) is 50.1 cm³/mol. The molecular weight excluding hydrogens is 207 g/mol. The maximum Gasteiger partial charge on any atom is 0.522 e. The molecule has 1 aromatic carbocycles. The van der Waals surface area contributed by atoms with E-state index in [9.17, 15) is 13.2 Å². The van der Waals surface area contributed by atoms with Crippen molar-refractivity contribution in [2.45, 2.75) is 18.8 Å². The van der Waals surface area contributed by atoms with Crippen molar-refractivity contribution >= 4 is 0 Å². The third kappa shape index (κ3) is 5.39. The first-order chi connectivity index (χ1) is 6.97. The van der Waals surface area contributed by atoms with Gasteiger partial charge in [-0.3, -0.25) is 4.74 Å². The van der Waals surface area contributed by atoms with Gasteiger partial charge in [-0.25, -0.2) is 0 Å². The molecular formula is C10H12F3NO. The lowest BCUT2D eigenvalue weighted by Gasteiger charge is -2.13. The van der Waals surface area contributed by atoms with E-state index in [0.29, 0.717) is 6.42 Å². The summed E-state index contributed by atoms with van der Waals surface area (Å²) in [6.45, 7) is -0.515. The van der Waals surface area contributed by atoms with E-state index in [0.717, 1.165) is 5.56 Å². The Balaban J connectivity index is 2.34. The number of hydrogen-bond donors (Lipinski definition) is 1. The van der Waals surface area contributed by atoms with Crippen LogP contribution in [0.4, 0.5) is 13.2 Å². The molecule has 2 N–H and O–H groups in total. The Labute approximate surface area is 85.8 Å². The number of hydrogen-bond acceptors (Lipinski definition) is 2. The molecule has 0 saturated heterocycles. The van der Waals surface area contributed by atoms with Gasteiger partial charge in [0.25, 0.3) is 0 Å². The fourth-order valence-corrected chi connectivity index (χ4v) is 1.18. The van der Waals surface area contributed by atoms with E-state index in [2.05, 4.69) is 4.74 Å². The van der Waals surface area contributed by atoms with E-state index >= 15 is 0 Å². The summed E-state index contributed by atoms with van der Waals surface area (Å²) in [7, 11) is 0. The fraction of sp³-hybridized carbons (Fsp3) is 0.400. The van der Waals surface area contributed by atoms with Gasteiger partial charge in [0.2, 0.25) is 0 Å². The highest BCUT2D eigenvalue weighted by atomic mass is 19.4. The second kappa shape index (κ2) is 5.14. The summed E-state index contributed by atoms with van der Waals surface area (Å²) >= 11 is 0. The molecule has 0 fully saturated rings. The molecule has 0 aliphatic rings. The summed E-state index contributed by atoms with van der Waals surface area (Å²) in [5.74, 6) is 0. The maximum absolute atomic E-state index is 11.7. The largest absolute Gasteiger partial charge is 0.522 e. The summed E-state index contributed by atoms with van der Waals surface area (Å²) in [6.07, 6.45) is -4.23. The van der Waals surface area contributed by atoms with Crippen molar-refractivity contribution in [3.8, 4) is 0 Å². The Kier molecular flexibility index (Phi) is 4.11. The van der Waals surface area contributed by atoms with Crippen LogP contribution in [-0.4, -0.2) is 19.0 Å². The van der Waals surface area contributed by atoms with Gasteiger partial charge in [-0.1, -0.05) is 30.3 Å². The molecule has 0 unspecified atom stereocenters. The van der Waals surface area contributed by atoms with Crippen molar-refractivity contribution < 1.29 is 17.9 Å². The molecule has 0 spiro atoms. The number of halogens is 3. The van der Waals surface area contributed by atoms with Crippen LogP contribution in [0.2, 0.25) is 0 Å². The van der Waals surface area contributed by atoms with Gasteiger partial charge < -0.3 is 5.73 Å². The average Bonchev–Trinajstić information content (AvgIpc) is 2.15. The molecule has 0 aliphatic carbocycles. The molecule has 0 saturated carbocycles. The molecule has 1 rings (SSSR count). The summed E-state index contributed by atoms with van der Waals surface area (Å²) < 4.78 is 38.7. The molecule has 84 valence electrons. The SMILES string of the molecule is N[C@H](COC(F)(F)F)Cc1ccccc1. The maximum atomic E-state index is 11.7. The molecule has 15 heavy (non-hydrogen) atoms. The number of rotatable bonds is 4. The van der Waals surface area contributed by atoms with Crippen LogP contribution in [0.25, 0.3) is 0 Å². The van der Waals surface area contributed by atoms with Crippen molar-refractivity contribution in [1.29, 1.82) is 0 Å². The van der Waals surface area contributed by atoms with E-state index in [4.69, 9.17) is 5.73 Å². The third-order valence-electron chi connectivity index (χ3n) is 1.80. The highest BCUT2D eigenvalue weighted by Crippen LogP contribution is 2.16. The average molecular weight is 219 g/mol. The number of benzene rings is 1. The van der Waals surface area contributed by atoms with Crippen molar-refractivity contribution in [3.05, 3.63) is 35.9 Å². The monoisotopic (exact) mass is 219 g/mol. The molecule has 0 heterocycles. The summed E-state index contributed by atoms with van der Waals surface area (Å²) in [4.78, 5) is 0. The highest BCUT2D eigenvalue weighted by molar-refractivity contribution is 5.15. The third-order valence-corrected chi connectivity index (χ3v) is 1.80. The van der Waals surface area contributed by atoms with Crippen LogP contribution < -0.4 is 5.73 Å². The molecule has 0 bridgehead atoms. The fourth-order valence-electron chi connectivity index (χ4n) is 1.18. The number of alkyl halides is 3. The topological polar surface area (TPSA) is 35.2 Å². The quantitative estimate of drug-likeness (QED) is 0.841. The van der Waals surface area contributed by atoms with Gasteiger partial charge in [0.05, 0.1) is 6.61 Å². The minimum Gasteiger partial charge on any atom is -0.325 e. The van der Waals surface area contributed by atoms with E-state index in [-0.39, 0.29) is 0 Å². The Bertz CT molecular complexity index is 286. The van der Waals surface area contributed by atoms with Gasteiger partial charge in [0.1, 0.15) is 0 Å². The normalized spacial score (nSPS) is 13.9. The van der Waals surface area contributed by atoms with Gasteiger partial charge in [-0.15, -0.1) is 13.2 Å². The first-order valence-electron chi connectivity index (χ1n) is 4.47. The van der Waals surface area contributed by atoms with Crippen LogP contribution in [-0.2, 0) is 11.2 Å². The Morgan fingerprint density at radius 2 is 1.80 bits per heavy atom. The lowest BCUT2D eigenvalue weighted by Crippen LogP contribution is -2.31. The van der Waals surface area contributed by atoms with E-state index < -0.39 is 19.0 Å². The Hall–Kier alpha value is -1.07. The minimum absolute atomic E-state index is 0.372. The molecule has 0 amide bonds. The summed E-state index contributed by atoms with van der Waals surface area (Å²) in [6, 6.07) is 8.44. The van der Waals surface area contributed by atoms with Crippen molar-refractivity contribution in [1.82, 2.24) is 0 Å². The molecule has 5 heteroatoms. The second-order valence-corrected chi connectivity index (χ2v) is 3.21. The van der Waals surface area contributed by atoms with Gasteiger partial charge in [-0.05, 0) is 12.0 Å². The second-order valence-electron chi connectivity index (χ2n) is 3.21. The van der Waals surface area contributed by atoms with Gasteiger partial charge >= 0.3 is 6.36 Å². The van der Waals surface area contributed by atoms with Gasteiger partial charge in [0, 0.05) is 6.04 Å². The lowest BCUT2D eigenvalue weighted by molar-refractivity contribution is -0.325. The number of ether oxygens (including phenoxy) is 1. The smallest absolute Gasteiger partial charge is 0.325 e. The van der Waals surface area contributed by atoms with Gasteiger partial charge in [-0.2, -0.15) is 0 Å². The molecule has 2 nitrogen and oxygen atoms in total. The highest BCUT2D eigenvalue weighted by Gasteiger charge is 2.29. The minimum atomic E-state index is -4.60. The van der Waals surface area contributed by atoms with Crippen LogP contribution in [0, 0.1) is 0 Å².